The van der Waals surface area contributed by atoms with Gasteiger partial charge in [-0.2, -0.15) is 0 Å². The van der Waals surface area contributed by atoms with E-state index in [1.165, 1.54) is 120 Å². The van der Waals surface area contributed by atoms with Crippen LogP contribution in [-0.2, 0) is 0 Å². The summed E-state index contributed by atoms with van der Waals surface area (Å²) in [6.45, 7) is 0. The second kappa shape index (κ2) is 42.9. The molecule has 0 saturated carbocycles. The van der Waals surface area contributed by atoms with Gasteiger partial charge in [-0.1, -0.05) is 413 Å². The Labute approximate surface area is 876 Å². The van der Waals surface area contributed by atoms with Crippen LogP contribution in [0.2, 0.25) is 0 Å². The fraction of sp³-hybridized carbons (Fsp3) is 0. The minimum atomic E-state index is 1.11. The van der Waals surface area contributed by atoms with E-state index in [-0.39, 0.29) is 0 Å². The lowest BCUT2D eigenvalue weighted by atomic mass is 9.91. The highest BCUT2D eigenvalue weighted by Gasteiger charge is 2.25. The van der Waals surface area contributed by atoms with Crippen LogP contribution in [0.5, 0.6) is 0 Å². The fourth-order valence-corrected chi connectivity index (χ4v) is 20.9. The second-order valence-corrected chi connectivity index (χ2v) is 37.5. The van der Waals surface area contributed by atoms with Crippen LogP contribution < -0.4 is 29.4 Å². The van der Waals surface area contributed by atoms with Crippen LogP contribution in [0.1, 0.15) is 22.3 Å². The zero-order valence-corrected chi connectivity index (χ0v) is 82.7. The molecular weight excluding hydrogens is 1810 g/mol. The summed E-state index contributed by atoms with van der Waals surface area (Å²) >= 11 is 0. The lowest BCUT2D eigenvalue weighted by molar-refractivity contribution is 1.28. The highest BCUT2D eigenvalue weighted by Crippen LogP contribution is 2.51. The molecule has 0 N–H and O–H groups in total. The maximum atomic E-state index is 2.37. The molecule has 6 nitrogen and oxygen atoms in total. The minimum absolute atomic E-state index is 1.11. The van der Waals surface area contributed by atoms with E-state index in [1.54, 1.807) is 0 Å². The molecule has 0 aliphatic rings. The Bertz CT molecular complexity index is 8460. The number of nitrogens with zero attached hydrogens (tertiary/aromatic N) is 6. The molecule has 0 saturated heterocycles. The number of anilines is 18. The molecule has 0 fully saturated rings. The van der Waals surface area contributed by atoms with Crippen molar-refractivity contribution in [3.05, 3.63) is 629 Å². The molecule has 710 valence electrons. The average molecular weight is 1920 g/mol. The first-order valence-corrected chi connectivity index (χ1v) is 51.2. The van der Waals surface area contributed by atoms with E-state index < -0.39 is 0 Å². The first-order chi connectivity index (χ1) is 74.4. The molecule has 26 rings (SSSR count). The third-order valence-electron chi connectivity index (χ3n) is 28.2. The normalized spacial score (nSPS) is 11.3. The summed E-state index contributed by atoms with van der Waals surface area (Å²) in [6, 6.07) is 217. The van der Waals surface area contributed by atoms with Gasteiger partial charge in [-0.3, -0.25) is 0 Å². The van der Waals surface area contributed by atoms with Gasteiger partial charge in [0.05, 0.1) is 22.7 Å². The fourth-order valence-electron chi connectivity index (χ4n) is 20.9. The Morgan fingerprint density at radius 2 is 0.287 bits per heavy atom. The van der Waals surface area contributed by atoms with Crippen molar-refractivity contribution in [2.45, 2.75) is 0 Å². The van der Waals surface area contributed by atoms with Crippen molar-refractivity contribution in [3.8, 4) is 22.3 Å². The van der Waals surface area contributed by atoms with Crippen molar-refractivity contribution < 1.29 is 0 Å². The predicted octanol–water partition coefficient (Wildman–Crippen LogP) is 41.1. The SMILES string of the molecule is C(=C\c1ccc(N(c2ccccc2)c2ccccc2)cc1)/c1ccc(-c2ccc(/C=C/c3ccc(N(c4ccccc4)c4ccccc4)cc3)cc2)cc1.c1ccc(N(c2ccc(-c3ccc(N(c4ccccc4)c4cccc5cc6ccccc6cc45)cc3)cc2)c2cccc3cc4ccccc4cc23)cc1.c1ccc(N(c2ccccc2)c2ccc3ccc4c(N(c5ccccc5)c5ccccc5)ccc5ccc2c3c54)cc1. The number of fused-ring (bicyclic) bond motifs is 4. The van der Waals surface area contributed by atoms with Crippen molar-refractivity contribution in [1.82, 2.24) is 0 Å². The van der Waals surface area contributed by atoms with Crippen LogP contribution in [0.4, 0.5) is 102 Å². The lowest BCUT2D eigenvalue weighted by Gasteiger charge is -2.29. The summed E-state index contributed by atoms with van der Waals surface area (Å²) < 4.78 is 0. The number of benzene rings is 26. The van der Waals surface area contributed by atoms with Crippen LogP contribution >= 0.6 is 0 Å². The molecule has 26 aromatic rings. The van der Waals surface area contributed by atoms with E-state index in [1.807, 2.05) is 0 Å². The molecule has 0 atom stereocenters. The minimum Gasteiger partial charge on any atom is -0.311 e. The number of para-hydroxylation sites is 10. The standard InChI is InChI=1S/C52H36N2.C52H40N2.C40H28N2/c1-3-19-45(20-4-1)53(51-23-11-17-43-33-39-13-7-9-15-41(39)35-49(43)51)47-29-25-37(26-30-47)38-27-31-48(32-28-38)54(46-21-5-2-6-22-46)52-24-12-18-44-34-40-14-8-10-16-42(40)36-50(44)52;1-5-13-47(14-6-1)53(48-15-7-2-8-16-48)51-37-29-43(30-38-51)23-21-41-25-33-45(34-26-41)46-35-27-42(28-36-46)22-24-44-31-39-52(40-32-44)54(49-17-9-3-10-18-49)50-19-11-4-12-20-50;1-5-13-31(14-6-1)41(32-15-7-2-8-16-32)37-27-23-29-22-26-36-38(28-24-30-21-25-35(37)39(29)40(30)36)42(33-17-9-3-10-18-33)34-19-11-4-12-20-34/h1-36H;1-40H;1-28H/b;23-21+,24-22+;. The summed E-state index contributed by atoms with van der Waals surface area (Å²) in [5.41, 5.74) is 29.8. The Kier molecular flexibility index (Phi) is 26.5. The van der Waals surface area contributed by atoms with E-state index in [0.717, 1.165) is 102 Å². The molecule has 0 heterocycles. The predicted molar refractivity (Wildman–Crippen MR) is 643 cm³/mol. The van der Waals surface area contributed by atoms with Crippen LogP contribution in [-0.4, -0.2) is 0 Å². The highest BCUT2D eigenvalue weighted by atomic mass is 15.2. The maximum Gasteiger partial charge on any atom is 0.0540 e. The van der Waals surface area contributed by atoms with Crippen LogP contribution in [0, 0.1) is 0 Å². The molecule has 0 bridgehead atoms. The summed E-state index contributed by atoms with van der Waals surface area (Å²) in [5.74, 6) is 0. The Morgan fingerprint density at radius 3 is 0.540 bits per heavy atom. The Morgan fingerprint density at radius 1 is 0.107 bits per heavy atom. The molecule has 26 aromatic carbocycles. The first-order valence-electron chi connectivity index (χ1n) is 51.2. The number of hydrogen-bond donors (Lipinski definition) is 0. The van der Waals surface area contributed by atoms with Gasteiger partial charge in [0.2, 0.25) is 0 Å². The molecule has 0 aliphatic carbocycles. The maximum absolute atomic E-state index is 2.37. The van der Waals surface area contributed by atoms with Crippen molar-refractivity contribution >= 4 is 202 Å². The average Bonchev–Trinajstić information content (AvgIpc) is 0.719. The monoisotopic (exact) mass is 1920 g/mol. The van der Waals surface area contributed by atoms with Crippen LogP contribution in [0.25, 0.3) is 122 Å². The second-order valence-electron chi connectivity index (χ2n) is 37.5. The smallest absolute Gasteiger partial charge is 0.0540 e. The third kappa shape index (κ3) is 19.7. The number of rotatable bonds is 24. The molecule has 0 amide bonds. The van der Waals surface area contributed by atoms with Gasteiger partial charge < -0.3 is 29.4 Å². The zero-order chi connectivity index (χ0) is 100. The summed E-state index contributed by atoms with van der Waals surface area (Å²) in [6.07, 6.45) is 8.69. The van der Waals surface area contributed by atoms with Gasteiger partial charge in [-0.15, -0.1) is 0 Å². The van der Waals surface area contributed by atoms with E-state index >= 15 is 0 Å². The van der Waals surface area contributed by atoms with Gasteiger partial charge in [0.1, 0.15) is 0 Å². The third-order valence-corrected chi connectivity index (χ3v) is 28.2. The van der Waals surface area contributed by atoms with Gasteiger partial charge in [0.15, 0.2) is 0 Å². The van der Waals surface area contributed by atoms with E-state index in [0.29, 0.717) is 0 Å². The topological polar surface area (TPSA) is 19.4 Å². The van der Waals surface area contributed by atoms with Gasteiger partial charge in [-0.25, -0.2) is 0 Å². The molecule has 0 aromatic heterocycles. The van der Waals surface area contributed by atoms with Crippen molar-refractivity contribution in [3.63, 3.8) is 0 Å². The summed E-state index contributed by atoms with van der Waals surface area (Å²) in [4.78, 5) is 14.0. The molecule has 6 heteroatoms. The largest absolute Gasteiger partial charge is 0.311 e. The van der Waals surface area contributed by atoms with E-state index in [2.05, 4.69) is 660 Å². The molecule has 150 heavy (non-hydrogen) atoms. The lowest BCUT2D eigenvalue weighted by Crippen LogP contribution is -2.11. The Balaban J connectivity index is 0.000000121. The molecular formula is C144H104N6. The van der Waals surface area contributed by atoms with Crippen molar-refractivity contribution in [2.75, 3.05) is 29.4 Å². The summed E-state index contributed by atoms with van der Waals surface area (Å²) in [5, 5.41) is 17.4. The quantitative estimate of drug-likeness (QED) is 0.0339. The molecule has 0 spiro atoms. The van der Waals surface area contributed by atoms with Crippen molar-refractivity contribution in [1.29, 1.82) is 0 Å². The van der Waals surface area contributed by atoms with Crippen molar-refractivity contribution in [2.24, 2.45) is 0 Å². The summed E-state index contributed by atoms with van der Waals surface area (Å²) in [7, 11) is 0. The molecule has 0 radical (unpaired) electrons. The Hall–Kier alpha value is -19.9. The molecule has 0 unspecified atom stereocenters. The molecule has 0 aliphatic heterocycles. The number of hydrogen-bond acceptors (Lipinski definition) is 6. The van der Waals surface area contributed by atoms with Crippen LogP contribution in [0.3, 0.4) is 0 Å². The van der Waals surface area contributed by atoms with Crippen LogP contribution in [0.15, 0.2) is 607 Å². The van der Waals surface area contributed by atoms with Gasteiger partial charge in [0.25, 0.3) is 0 Å². The van der Waals surface area contributed by atoms with Gasteiger partial charge >= 0.3 is 0 Å². The highest BCUT2D eigenvalue weighted by molar-refractivity contribution is 6.28. The first kappa shape index (κ1) is 92.5. The van der Waals surface area contributed by atoms with Gasteiger partial charge in [-0.05, 0) is 317 Å². The van der Waals surface area contributed by atoms with E-state index in [9.17, 15) is 0 Å². The van der Waals surface area contributed by atoms with E-state index in [4.69, 9.17) is 0 Å². The van der Waals surface area contributed by atoms with Gasteiger partial charge in [0, 0.05) is 101 Å². The zero-order valence-electron chi connectivity index (χ0n) is 82.7.